The molecule has 0 aliphatic carbocycles. The number of carbonyl (C=O) groups is 1. The van der Waals surface area contributed by atoms with E-state index in [2.05, 4.69) is 15.2 Å². The smallest absolute Gasteiger partial charge is 0.304 e. The van der Waals surface area contributed by atoms with Crippen molar-refractivity contribution in [1.82, 2.24) is 15.2 Å². The molecule has 8 heteroatoms. The molecule has 0 fully saturated rings. The van der Waals surface area contributed by atoms with E-state index in [1.807, 2.05) is 6.07 Å². The van der Waals surface area contributed by atoms with Crippen LogP contribution in [0.25, 0.3) is 11.4 Å². The number of carboxylic acids is 1. The van der Waals surface area contributed by atoms with Gasteiger partial charge in [-0.1, -0.05) is 11.8 Å². The minimum absolute atomic E-state index is 0.0743. The van der Waals surface area contributed by atoms with E-state index in [0.717, 1.165) is 5.56 Å². The van der Waals surface area contributed by atoms with Gasteiger partial charge in [-0.25, -0.2) is 4.98 Å². The zero-order valence-corrected chi connectivity index (χ0v) is 12.4. The fourth-order valence-electron chi connectivity index (χ4n) is 1.65. The fraction of sp³-hybridized carbons (Fsp3) is 0.308. The molecule has 112 valence electrons. The van der Waals surface area contributed by atoms with Crippen LogP contribution in [0.3, 0.4) is 0 Å². The molecule has 1 aromatic heterocycles. The number of aromatic nitrogens is 3. The summed E-state index contributed by atoms with van der Waals surface area (Å²) in [6.07, 6.45) is 0.0743. The van der Waals surface area contributed by atoms with Gasteiger partial charge in [-0.15, -0.1) is 5.10 Å². The first-order valence-corrected chi connectivity index (χ1v) is 7.12. The average Bonchev–Trinajstić information content (AvgIpc) is 2.95. The number of ether oxygens (including phenoxy) is 2. The lowest BCUT2D eigenvalue weighted by molar-refractivity contribution is -0.136. The summed E-state index contributed by atoms with van der Waals surface area (Å²) >= 11 is 1.29. The van der Waals surface area contributed by atoms with Crippen molar-refractivity contribution in [2.75, 3.05) is 20.0 Å². The highest BCUT2D eigenvalue weighted by atomic mass is 32.2. The predicted octanol–water partition coefficient (Wildman–Crippen LogP) is 2.06. The fourth-order valence-corrected chi connectivity index (χ4v) is 2.38. The number of thioether (sulfide) groups is 1. The third-order valence-electron chi connectivity index (χ3n) is 2.67. The molecule has 1 heterocycles. The predicted molar refractivity (Wildman–Crippen MR) is 77.9 cm³/mol. The Labute approximate surface area is 125 Å². The number of aromatic amines is 1. The third kappa shape index (κ3) is 3.88. The van der Waals surface area contributed by atoms with E-state index in [1.165, 1.54) is 11.8 Å². The summed E-state index contributed by atoms with van der Waals surface area (Å²) in [5.74, 6) is 1.42. The van der Waals surface area contributed by atoms with Crippen LogP contribution in [0.4, 0.5) is 0 Å². The molecule has 0 saturated carbocycles. The number of carboxylic acid groups (broad SMARTS) is 1. The molecule has 0 saturated heterocycles. The van der Waals surface area contributed by atoms with Crippen molar-refractivity contribution in [2.24, 2.45) is 0 Å². The molecule has 1 aromatic carbocycles. The maximum absolute atomic E-state index is 10.5. The molecule has 0 aliphatic heterocycles. The van der Waals surface area contributed by atoms with Crippen LogP contribution in [0.2, 0.25) is 0 Å². The molecule has 0 unspecified atom stereocenters. The quantitative estimate of drug-likeness (QED) is 0.755. The van der Waals surface area contributed by atoms with Crippen LogP contribution >= 0.6 is 11.8 Å². The van der Waals surface area contributed by atoms with Crippen LogP contribution in [0, 0.1) is 0 Å². The molecule has 21 heavy (non-hydrogen) atoms. The van der Waals surface area contributed by atoms with Crippen molar-refractivity contribution >= 4 is 17.7 Å². The maximum atomic E-state index is 10.5. The Kier molecular flexibility index (Phi) is 5.04. The first-order chi connectivity index (χ1) is 10.1. The lowest BCUT2D eigenvalue weighted by atomic mass is 10.2. The summed E-state index contributed by atoms with van der Waals surface area (Å²) in [4.78, 5) is 14.8. The molecule has 2 N–H and O–H groups in total. The highest BCUT2D eigenvalue weighted by Gasteiger charge is 2.10. The molecule has 0 bridgehead atoms. The Bertz CT molecular complexity index is 630. The van der Waals surface area contributed by atoms with Crippen LogP contribution in [0.1, 0.15) is 6.42 Å². The number of rotatable bonds is 7. The molecule has 0 radical (unpaired) electrons. The summed E-state index contributed by atoms with van der Waals surface area (Å²) in [5, 5.41) is 16.0. The van der Waals surface area contributed by atoms with E-state index >= 15 is 0 Å². The van der Waals surface area contributed by atoms with Gasteiger partial charge in [0, 0.05) is 11.3 Å². The number of benzene rings is 1. The average molecular weight is 309 g/mol. The third-order valence-corrected chi connectivity index (χ3v) is 3.52. The van der Waals surface area contributed by atoms with Crippen molar-refractivity contribution in [3.8, 4) is 22.9 Å². The van der Waals surface area contributed by atoms with Gasteiger partial charge in [-0.2, -0.15) is 0 Å². The van der Waals surface area contributed by atoms with Gasteiger partial charge in [0.25, 0.3) is 0 Å². The summed E-state index contributed by atoms with van der Waals surface area (Å²) in [6, 6.07) is 5.42. The molecular weight excluding hydrogens is 294 g/mol. The van der Waals surface area contributed by atoms with Gasteiger partial charge in [0.1, 0.15) is 0 Å². The van der Waals surface area contributed by atoms with Crippen molar-refractivity contribution in [3.63, 3.8) is 0 Å². The number of aliphatic carboxylic acids is 1. The van der Waals surface area contributed by atoms with Gasteiger partial charge in [0.2, 0.25) is 5.16 Å². The SMILES string of the molecule is COc1ccc(-c2nc(SCCC(=O)O)n[nH]2)cc1OC. The van der Waals surface area contributed by atoms with E-state index < -0.39 is 5.97 Å². The summed E-state index contributed by atoms with van der Waals surface area (Å²) < 4.78 is 10.4. The molecular formula is C13H15N3O4S. The van der Waals surface area contributed by atoms with Gasteiger partial charge in [0.05, 0.1) is 20.6 Å². The normalized spacial score (nSPS) is 10.4. The number of hydrogen-bond acceptors (Lipinski definition) is 6. The molecule has 0 spiro atoms. The Morgan fingerprint density at radius 1 is 1.33 bits per heavy atom. The second kappa shape index (κ2) is 6.98. The Morgan fingerprint density at radius 2 is 2.10 bits per heavy atom. The van der Waals surface area contributed by atoms with Crippen molar-refractivity contribution in [3.05, 3.63) is 18.2 Å². The second-order valence-electron chi connectivity index (χ2n) is 4.03. The highest BCUT2D eigenvalue weighted by molar-refractivity contribution is 7.99. The van der Waals surface area contributed by atoms with E-state index in [1.54, 1.807) is 26.4 Å². The largest absolute Gasteiger partial charge is 0.493 e. The first kappa shape index (κ1) is 15.2. The molecule has 2 aromatic rings. The monoisotopic (exact) mass is 309 g/mol. The number of H-pyrrole nitrogens is 1. The van der Waals surface area contributed by atoms with Crippen LogP contribution in [-0.4, -0.2) is 46.2 Å². The van der Waals surface area contributed by atoms with Gasteiger partial charge in [0.15, 0.2) is 17.3 Å². The van der Waals surface area contributed by atoms with E-state index in [4.69, 9.17) is 14.6 Å². The number of nitrogens with zero attached hydrogens (tertiary/aromatic N) is 2. The lowest BCUT2D eigenvalue weighted by Gasteiger charge is -2.07. The van der Waals surface area contributed by atoms with Crippen LogP contribution in [-0.2, 0) is 4.79 Å². The van der Waals surface area contributed by atoms with E-state index in [0.29, 0.717) is 28.2 Å². The number of methoxy groups -OCH3 is 2. The molecule has 2 rings (SSSR count). The number of hydrogen-bond donors (Lipinski definition) is 2. The van der Waals surface area contributed by atoms with Crippen LogP contribution in [0.15, 0.2) is 23.4 Å². The topological polar surface area (TPSA) is 97.3 Å². The molecule has 7 nitrogen and oxygen atoms in total. The van der Waals surface area contributed by atoms with Crippen molar-refractivity contribution < 1.29 is 19.4 Å². The number of nitrogens with one attached hydrogen (secondary N) is 1. The minimum Gasteiger partial charge on any atom is -0.493 e. The zero-order chi connectivity index (χ0) is 15.2. The van der Waals surface area contributed by atoms with Crippen LogP contribution < -0.4 is 9.47 Å². The Morgan fingerprint density at radius 3 is 2.76 bits per heavy atom. The van der Waals surface area contributed by atoms with Gasteiger partial charge in [-0.05, 0) is 18.2 Å². The van der Waals surface area contributed by atoms with Crippen molar-refractivity contribution in [1.29, 1.82) is 0 Å². The van der Waals surface area contributed by atoms with Crippen molar-refractivity contribution in [2.45, 2.75) is 11.6 Å². The highest BCUT2D eigenvalue weighted by Crippen LogP contribution is 2.31. The van der Waals surface area contributed by atoms with Gasteiger partial charge in [-0.3, -0.25) is 9.89 Å². The summed E-state index contributed by atoms with van der Waals surface area (Å²) in [7, 11) is 3.14. The Balaban J connectivity index is 2.12. The Hall–Kier alpha value is -2.22. The summed E-state index contributed by atoms with van der Waals surface area (Å²) in [6.45, 7) is 0. The first-order valence-electron chi connectivity index (χ1n) is 6.13. The van der Waals surface area contributed by atoms with E-state index in [-0.39, 0.29) is 6.42 Å². The maximum Gasteiger partial charge on any atom is 0.304 e. The standard InChI is InChI=1S/C13H15N3O4S/c1-19-9-4-3-8(7-10(9)20-2)12-14-13(16-15-12)21-6-5-11(17)18/h3-4,7H,5-6H2,1-2H3,(H,17,18)(H,14,15,16). The van der Waals surface area contributed by atoms with Gasteiger partial charge >= 0.3 is 5.97 Å². The lowest BCUT2D eigenvalue weighted by Crippen LogP contribution is -1.95. The minimum atomic E-state index is -0.835. The zero-order valence-electron chi connectivity index (χ0n) is 11.6. The van der Waals surface area contributed by atoms with Gasteiger partial charge < -0.3 is 14.6 Å². The molecule has 0 atom stereocenters. The summed E-state index contributed by atoms with van der Waals surface area (Å²) in [5.41, 5.74) is 0.810. The second-order valence-corrected chi connectivity index (χ2v) is 5.09. The molecule has 0 aliphatic rings. The van der Waals surface area contributed by atoms with E-state index in [9.17, 15) is 4.79 Å². The molecule has 0 amide bonds. The van der Waals surface area contributed by atoms with Crippen LogP contribution in [0.5, 0.6) is 11.5 Å².